The molecule has 0 radical (unpaired) electrons. The van der Waals surface area contributed by atoms with Gasteiger partial charge in [0.2, 0.25) is 0 Å². The lowest BCUT2D eigenvalue weighted by Gasteiger charge is -2.33. The van der Waals surface area contributed by atoms with Crippen molar-refractivity contribution in [2.75, 3.05) is 13.2 Å². The lowest BCUT2D eigenvalue weighted by Crippen LogP contribution is -2.34. The Morgan fingerprint density at radius 2 is 1.65 bits per heavy atom. The lowest BCUT2D eigenvalue weighted by molar-refractivity contribution is -0.155. The summed E-state index contributed by atoms with van der Waals surface area (Å²) in [6, 6.07) is 0. The van der Waals surface area contributed by atoms with E-state index in [-0.39, 0.29) is 29.3 Å². The summed E-state index contributed by atoms with van der Waals surface area (Å²) in [6.45, 7) is 18.8. The maximum Gasteiger partial charge on any atom is 0.309 e. The van der Waals surface area contributed by atoms with Crippen LogP contribution in [-0.4, -0.2) is 19.2 Å². The zero-order valence-corrected chi connectivity index (χ0v) is 15.9. The van der Waals surface area contributed by atoms with Crippen LogP contribution in [-0.2, 0) is 14.3 Å². The van der Waals surface area contributed by atoms with E-state index in [1.165, 1.54) is 0 Å². The van der Waals surface area contributed by atoms with Crippen molar-refractivity contribution >= 4 is 5.97 Å². The summed E-state index contributed by atoms with van der Waals surface area (Å²) in [5.41, 5.74) is -0.0343. The number of rotatable bonds is 8. The van der Waals surface area contributed by atoms with E-state index < -0.39 is 0 Å². The van der Waals surface area contributed by atoms with Gasteiger partial charge in [0.15, 0.2) is 0 Å². The average molecular weight is 322 g/mol. The third-order valence-electron chi connectivity index (χ3n) is 3.42. The van der Waals surface area contributed by atoms with E-state index in [9.17, 15) is 4.79 Å². The summed E-state index contributed by atoms with van der Waals surface area (Å²) < 4.78 is 11.0. The first-order valence-electron chi connectivity index (χ1n) is 8.26. The van der Waals surface area contributed by atoms with Gasteiger partial charge in [-0.05, 0) is 36.3 Å². The maximum atomic E-state index is 12.4. The molecule has 1 atom stereocenters. The predicted octanol–water partition coefficient (Wildman–Crippen LogP) is 5.29. The van der Waals surface area contributed by atoms with Crippen molar-refractivity contribution in [3.8, 4) is 0 Å². The van der Waals surface area contributed by atoms with Gasteiger partial charge in [-0.3, -0.25) is 4.79 Å². The average Bonchev–Trinajstić information content (AvgIpc) is 2.41. The molecule has 0 amide bonds. The third-order valence-corrected chi connectivity index (χ3v) is 3.42. The molecule has 0 saturated carbocycles. The predicted molar refractivity (Wildman–Crippen MR) is 97.0 cm³/mol. The topological polar surface area (TPSA) is 35.5 Å². The van der Waals surface area contributed by atoms with Crippen molar-refractivity contribution in [3.05, 3.63) is 36.6 Å². The highest BCUT2D eigenvalue weighted by Crippen LogP contribution is 2.36. The standard InChI is InChI=1S/C20H34O3/c1-9-11-12-16(10-2)22-13-14-23-18(21)17(20(6,7)8)15-19(3,4)5/h9-12,17H,1,13-15H2,2-8H3/b12-11-,16-10+. The Bertz CT molecular complexity index is 431. The molecule has 0 aromatic carbocycles. The summed E-state index contributed by atoms with van der Waals surface area (Å²) in [5, 5.41) is 0. The second-order valence-corrected chi connectivity index (χ2v) is 7.99. The van der Waals surface area contributed by atoms with E-state index in [2.05, 4.69) is 48.1 Å². The Labute approximate surface area is 142 Å². The van der Waals surface area contributed by atoms with Crippen LogP contribution >= 0.6 is 0 Å². The molecule has 0 aromatic rings. The molecule has 0 N–H and O–H groups in total. The molecule has 0 saturated heterocycles. The van der Waals surface area contributed by atoms with Crippen molar-refractivity contribution in [2.45, 2.75) is 54.9 Å². The van der Waals surface area contributed by atoms with Crippen LogP contribution < -0.4 is 0 Å². The minimum atomic E-state index is -0.139. The summed E-state index contributed by atoms with van der Waals surface area (Å²) in [7, 11) is 0. The van der Waals surface area contributed by atoms with Crippen molar-refractivity contribution in [3.63, 3.8) is 0 Å². The smallest absolute Gasteiger partial charge is 0.309 e. The molecule has 3 nitrogen and oxygen atoms in total. The molecule has 23 heavy (non-hydrogen) atoms. The van der Waals surface area contributed by atoms with Crippen molar-refractivity contribution in [1.82, 2.24) is 0 Å². The molecular weight excluding hydrogens is 288 g/mol. The molecule has 132 valence electrons. The number of hydrogen-bond acceptors (Lipinski definition) is 3. The number of hydrogen-bond donors (Lipinski definition) is 0. The van der Waals surface area contributed by atoms with Gasteiger partial charge in [0.1, 0.15) is 19.0 Å². The molecular formula is C20H34O3. The SMILES string of the molecule is C=C/C=C\C(=C/C)OCCOC(=O)C(CC(C)(C)C)C(C)(C)C. The molecule has 0 rings (SSSR count). The highest BCUT2D eigenvalue weighted by atomic mass is 16.6. The van der Waals surface area contributed by atoms with Crippen LogP contribution in [0.2, 0.25) is 0 Å². The summed E-state index contributed by atoms with van der Waals surface area (Å²) >= 11 is 0. The van der Waals surface area contributed by atoms with Gasteiger partial charge in [0, 0.05) is 0 Å². The lowest BCUT2D eigenvalue weighted by atomic mass is 9.72. The van der Waals surface area contributed by atoms with Crippen molar-refractivity contribution in [1.29, 1.82) is 0 Å². The summed E-state index contributed by atoms with van der Waals surface area (Å²) in [5.74, 6) is 0.479. The van der Waals surface area contributed by atoms with Crippen LogP contribution in [0.25, 0.3) is 0 Å². The molecule has 1 unspecified atom stereocenters. The van der Waals surface area contributed by atoms with Gasteiger partial charge in [-0.2, -0.15) is 0 Å². The van der Waals surface area contributed by atoms with Crippen LogP contribution in [0.3, 0.4) is 0 Å². The Kier molecular flexibility index (Phi) is 8.96. The van der Waals surface area contributed by atoms with Crippen LogP contribution in [0.1, 0.15) is 54.9 Å². The second kappa shape index (κ2) is 9.59. The molecule has 0 fully saturated rings. The molecule has 0 bridgehead atoms. The molecule has 0 aliphatic heterocycles. The highest BCUT2D eigenvalue weighted by molar-refractivity contribution is 5.73. The van der Waals surface area contributed by atoms with Gasteiger partial charge >= 0.3 is 5.97 Å². The number of allylic oxidation sites excluding steroid dienone is 4. The molecule has 0 heterocycles. The molecule has 0 aliphatic rings. The second-order valence-electron chi connectivity index (χ2n) is 7.99. The van der Waals surface area contributed by atoms with Gasteiger partial charge in [-0.25, -0.2) is 0 Å². The van der Waals surface area contributed by atoms with Crippen LogP contribution in [0, 0.1) is 16.7 Å². The van der Waals surface area contributed by atoms with E-state index in [0.717, 1.165) is 12.2 Å². The number of carbonyl (C=O) groups excluding carboxylic acids is 1. The Hall–Kier alpha value is -1.51. The third kappa shape index (κ3) is 9.98. The Morgan fingerprint density at radius 3 is 2.09 bits per heavy atom. The number of carbonyl (C=O) groups is 1. The van der Waals surface area contributed by atoms with Crippen LogP contribution in [0.5, 0.6) is 0 Å². The molecule has 3 heteroatoms. The van der Waals surface area contributed by atoms with E-state index in [1.807, 2.05) is 19.1 Å². The van der Waals surface area contributed by atoms with Gasteiger partial charge < -0.3 is 9.47 Å². The first-order valence-corrected chi connectivity index (χ1v) is 8.26. The Balaban J connectivity index is 4.49. The fourth-order valence-corrected chi connectivity index (χ4v) is 2.15. The van der Waals surface area contributed by atoms with E-state index in [1.54, 1.807) is 12.2 Å². The normalized spacial score (nSPS) is 14.7. The zero-order chi connectivity index (χ0) is 18.1. The largest absolute Gasteiger partial charge is 0.490 e. The minimum Gasteiger partial charge on any atom is -0.490 e. The van der Waals surface area contributed by atoms with E-state index >= 15 is 0 Å². The van der Waals surface area contributed by atoms with E-state index in [0.29, 0.717) is 6.61 Å². The number of ether oxygens (including phenoxy) is 2. The van der Waals surface area contributed by atoms with Gasteiger partial charge in [-0.15, -0.1) is 0 Å². The summed E-state index contributed by atoms with van der Waals surface area (Å²) in [6.07, 6.45) is 7.98. The Morgan fingerprint density at radius 1 is 1.09 bits per heavy atom. The van der Waals surface area contributed by atoms with Gasteiger partial charge in [0.25, 0.3) is 0 Å². The first kappa shape index (κ1) is 21.5. The van der Waals surface area contributed by atoms with Crippen LogP contribution in [0.4, 0.5) is 0 Å². The number of esters is 1. The van der Waals surface area contributed by atoms with Crippen molar-refractivity contribution < 1.29 is 14.3 Å². The van der Waals surface area contributed by atoms with Gasteiger partial charge in [0.05, 0.1) is 5.92 Å². The molecule has 0 aromatic heterocycles. The maximum absolute atomic E-state index is 12.4. The fourth-order valence-electron chi connectivity index (χ4n) is 2.15. The van der Waals surface area contributed by atoms with Crippen molar-refractivity contribution in [2.24, 2.45) is 16.7 Å². The quantitative estimate of drug-likeness (QED) is 0.263. The fraction of sp³-hybridized carbons (Fsp3) is 0.650. The summed E-state index contributed by atoms with van der Waals surface area (Å²) in [4.78, 5) is 12.4. The highest BCUT2D eigenvalue weighted by Gasteiger charge is 2.35. The molecule has 0 aliphatic carbocycles. The first-order chi connectivity index (χ1) is 10.5. The minimum absolute atomic E-state index is 0.0844. The van der Waals surface area contributed by atoms with Gasteiger partial charge in [-0.1, -0.05) is 60.3 Å². The molecule has 0 spiro atoms. The van der Waals surface area contributed by atoms with E-state index in [4.69, 9.17) is 9.47 Å². The monoisotopic (exact) mass is 322 g/mol. The van der Waals surface area contributed by atoms with Crippen LogP contribution in [0.15, 0.2) is 36.6 Å². The zero-order valence-electron chi connectivity index (χ0n) is 15.9.